The van der Waals surface area contributed by atoms with Crippen LogP contribution < -0.4 is 10.6 Å². The Morgan fingerprint density at radius 1 is 1.21 bits per heavy atom. The Kier molecular flexibility index (Phi) is 6.64. The van der Waals surface area contributed by atoms with Crippen LogP contribution in [0.3, 0.4) is 0 Å². The minimum Gasteiger partial charge on any atom is -0.356 e. The molecule has 1 fully saturated rings. The van der Waals surface area contributed by atoms with E-state index in [1.54, 1.807) is 0 Å². The van der Waals surface area contributed by atoms with Crippen LogP contribution in [0.1, 0.15) is 37.8 Å². The van der Waals surface area contributed by atoms with E-state index < -0.39 is 0 Å². The molecule has 1 atom stereocenters. The SMILES string of the molecule is Cc1ccc(CNC(=O)N2CCC[C@H](CNC(=O)C(C)C)C2)cc1. The monoisotopic (exact) mass is 331 g/mol. The highest BCUT2D eigenvalue weighted by atomic mass is 16.2. The average molecular weight is 331 g/mol. The molecule has 0 radical (unpaired) electrons. The van der Waals surface area contributed by atoms with Crippen LogP contribution in [0, 0.1) is 18.8 Å². The number of aryl methyl sites for hydroxylation is 1. The summed E-state index contributed by atoms with van der Waals surface area (Å²) < 4.78 is 0. The van der Waals surface area contributed by atoms with Crippen molar-refractivity contribution in [2.45, 2.75) is 40.2 Å². The largest absolute Gasteiger partial charge is 0.356 e. The number of nitrogens with one attached hydrogen (secondary N) is 2. The van der Waals surface area contributed by atoms with Gasteiger partial charge in [-0.2, -0.15) is 0 Å². The minimum absolute atomic E-state index is 0.00232. The number of rotatable bonds is 5. The van der Waals surface area contributed by atoms with Gasteiger partial charge in [-0.25, -0.2) is 4.79 Å². The number of piperidine rings is 1. The summed E-state index contributed by atoms with van der Waals surface area (Å²) in [4.78, 5) is 25.9. The van der Waals surface area contributed by atoms with Crippen LogP contribution in [0.15, 0.2) is 24.3 Å². The second-order valence-electron chi connectivity index (χ2n) is 7.00. The van der Waals surface area contributed by atoms with E-state index in [-0.39, 0.29) is 17.9 Å². The Hall–Kier alpha value is -2.04. The number of hydrogen-bond acceptors (Lipinski definition) is 2. The molecule has 5 heteroatoms. The van der Waals surface area contributed by atoms with Crippen molar-refractivity contribution in [2.75, 3.05) is 19.6 Å². The van der Waals surface area contributed by atoms with Crippen LogP contribution in [0.5, 0.6) is 0 Å². The van der Waals surface area contributed by atoms with E-state index >= 15 is 0 Å². The van der Waals surface area contributed by atoms with Crippen LogP contribution >= 0.6 is 0 Å². The van der Waals surface area contributed by atoms with Crippen LogP contribution in [0.2, 0.25) is 0 Å². The highest BCUT2D eigenvalue weighted by Gasteiger charge is 2.24. The molecule has 0 saturated carbocycles. The van der Waals surface area contributed by atoms with Crippen LogP contribution in [-0.2, 0) is 11.3 Å². The molecule has 0 aromatic heterocycles. The number of urea groups is 1. The van der Waals surface area contributed by atoms with Crippen LogP contribution in [0.4, 0.5) is 4.79 Å². The fraction of sp³-hybridized carbons (Fsp3) is 0.579. The van der Waals surface area contributed by atoms with Crippen molar-refractivity contribution in [2.24, 2.45) is 11.8 Å². The number of hydrogen-bond donors (Lipinski definition) is 2. The zero-order chi connectivity index (χ0) is 17.5. The average Bonchev–Trinajstić information content (AvgIpc) is 2.59. The second kappa shape index (κ2) is 8.71. The molecule has 2 N–H and O–H groups in total. The molecule has 1 aromatic rings. The lowest BCUT2D eigenvalue weighted by Gasteiger charge is -2.33. The van der Waals surface area contributed by atoms with Gasteiger partial charge < -0.3 is 15.5 Å². The third kappa shape index (κ3) is 5.55. The Morgan fingerprint density at radius 2 is 1.92 bits per heavy atom. The molecule has 1 aromatic carbocycles. The predicted molar refractivity (Wildman–Crippen MR) is 95.6 cm³/mol. The standard InChI is InChI=1S/C19H29N3O2/c1-14(2)18(23)20-12-17-5-4-10-22(13-17)19(24)21-11-16-8-6-15(3)7-9-16/h6-9,14,17H,4-5,10-13H2,1-3H3,(H,20,23)(H,21,24)/t17-/m1/s1. The molecule has 2 rings (SSSR count). The molecule has 132 valence electrons. The summed E-state index contributed by atoms with van der Waals surface area (Å²) in [6.45, 7) is 8.52. The maximum absolute atomic E-state index is 12.4. The van der Waals surface area contributed by atoms with Gasteiger partial charge in [0.2, 0.25) is 5.91 Å². The quantitative estimate of drug-likeness (QED) is 0.871. The molecule has 5 nitrogen and oxygen atoms in total. The number of carbonyl (C=O) groups excluding carboxylic acids is 2. The number of likely N-dealkylation sites (tertiary alicyclic amines) is 1. The topological polar surface area (TPSA) is 61.4 Å². The van der Waals surface area contributed by atoms with E-state index in [1.165, 1.54) is 5.56 Å². The molecule has 24 heavy (non-hydrogen) atoms. The van der Waals surface area contributed by atoms with Gasteiger partial charge >= 0.3 is 6.03 Å². The highest BCUT2D eigenvalue weighted by Crippen LogP contribution is 2.16. The normalized spacial score (nSPS) is 17.7. The first-order valence-electron chi connectivity index (χ1n) is 8.81. The van der Waals surface area contributed by atoms with E-state index in [9.17, 15) is 9.59 Å². The lowest BCUT2D eigenvalue weighted by Crippen LogP contribution is -2.47. The molecule has 1 heterocycles. The smallest absolute Gasteiger partial charge is 0.317 e. The summed E-state index contributed by atoms with van der Waals surface area (Å²) in [7, 11) is 0. The molecule has 3 amide bonds. The summed E-state index contributed by atoms with van der Waals surface area (Å²) in [5.74, 6) is 0.421. The third-order valence-electron chi connectivity index (χ3n) is 4.46. The van der Waals surface area contributed by atoms with Crippen LogP contribution in [0.25, 0.3) is 0 Å². The van der Waals surface area contributed by atoms with Gasteiger partial charge in [-0.05, 0) is 31.2 Å². The van der Waals surface area contributed by atoms with E-state index in [0.29, 0.717) is 25.6 Å². The maximum Gasteiger partial charge on any atom is 0.317 e. The van der Waals surface area contributed by atoms with E-state index in [2.05, 4.69) is 22.8 Å². The van der Waals surface area contributed by atoms with Gasteiger partial charge in [-0.3, -0.25) is 4.79 Å². The Bertz CT molecular complexity index is 554. The number of benzene rings is 1. The van der Waals surface area contributed by atoms with Gasteiger partial charge in [-0.1, -0.05) is 43.7 Å². The van der Waals surface area contributed by atoms with Crippen molar-refractivity contribution in [1.29, 1.82) is 0 Å². The van der Waals surface area contributed by atoms with Crippen molar-refractivity contribution < 1.29 is 9.59 Å². The molecule has 1 saturated heterocycles. The second-order valence-corrected chi connectivity index (χ2v) is 7.00. The first kappa shape index (κ1) is 18.3. The fourth-order valence-electron chi connectivity index (χ4n) is 2.86. The summed E-state index contributed by atoms with van der Waals surface area (Å²) in [5.41, 5.74) is 2.32. The lowest BCUT2D eigenvalue weighted by atomic mass is 9.98. The van der Waals surface area contributed by atoms with Gasteiger partial charge in [0.05, 0.1) is 0 Å². The summed E-state index contributed by atoms with van der Waals surface area (Å²) >= 11 is 0. The van der Waals surface area contributed by atoms with E-state index in [1.807, 2.05) is 37.8 Å². The van der Waals surface area contributed by atoms with Crippen molar-refractivity contribution >= 4 is 11.9 Å². The Labute approximate surface area is 144 Å². The third-order valence-corrected chi connectivity index (χ3v) is 4.46. The Morgan fingerprint density at radius 3 is 2.58 bits per heavy atom. The molecule has 0 bridgehead atoms. The molecule has 1 aliphatic heterocycles. The Balaban J connectivity index is 1.77. The summed E-state index contributed by atoms with van der Waals surface area (Å²) in [5, 5.41) is 5.97. The molecule has 0 unspecified atom stereocenters. The zero-order valence-corrected chi connectivity index (χ0v) is 15.0. The summed E-state index contributed by atoms with van der Waals surface area (Å²) in [6.07, 6.45) is 2.04. The lowest BCUT2D eigenvalue weighted by molar-refractivity contribution is -0.124. The first-order chi connectivity index (χ1) is 11.5. The maximum atomic E-state index is 12.4. The van der Waals surface area contributed by atoms with Crippen molar-refractivity contribution in [3.05, 3.63) is 35.4 Å². The number of nitrogens with zero attached hydrogens (tertiary/aromatic N) is 1. The zero-order valence-electron chi connectivity index (χ0n) is 15.0. The number of amides is 3. The fourth-order valence-corrected chi connectivity index (χ4v) is 2.86. The molecule has 1 aliphatic rings. The minimum atomic E-state index is -0.0181. The molecule has 0 aliphatic carbocycles. The van der Waals surface area contributed by atoms with Gasteiger partial charge in [0.15, 0.2) is 0 Å². The molecule has 0 spiro atoms. The van der Waals surface area contributed by atoms with Gasteiger partial charge in [-0.15, -0.1) is 0 Å². The van der Waals surface area contributed by atoms with Gasteiger partial charge in [0, 0.05) is 32.1 Å². The van der Waals surface area contributed by atoms with Crippen molar-refractivity contribution in [1.82, 2.24) is 15.5 Å². The van der Waals surface area contributed by atoms with Crippen molar-refractivity contribution in [3.63, 3.8) is 0 Å². The number of carbonyl (C=O) groups is 2. The summed E-state index contributed by atoms with van der Waals surface area (Å²) in [6, 6.07) is 8.16. The molecular weight excluding hydrogens is 302 g/mol. The first-order valence-corrected chi connectivity index (χ1v) is 8.81. The van der Waals surface area contributed by atoms with Crippen molar-refractivity contribution in [3.8, 4) is 0 Å². The van der Waals surface area contributed by atoms with E-state index in [4.69, 9.17) is 0 Å². The van der Waals surface area contributed by atoms with E-state index in [0.717, 1.165) is 24.9 Å². The van der Waals surface area contributed by atoms with Crippen LogP contribution in [-0.4, -0.2) is 36.5 Å². The van der Waals surface area contributed by atoms with Gasteiger partial charge in [0.1, 0.15) is 0 Å². The molecular formula is C19H29N3O2. The highest BCUT2D eigenvalue weighted by molar-refractivity contribution is 5.77. The van der Waals surface area contributed by atoms with Gasteiger partial charge in [0.25, 0.3) is 0 Å². The predicted octanol–water partition coefficient (Wildman–Crippen LogP) is 2.69.